The second kappa shape index (κ2) is 8.94. The van der Waals surface area contributed by atoms with Crippen LogP contribution in [0.15, 0.2) is 36.8 Å². The average Bonchev–Trinajstić information content (AvgIpc) is 2.82. The highest BCUT2D eigenvalue weighted by Gasteiger charge is 2.27. The molecule has 162 valence electrons. The molecule has 7 nitrogen and oxygen atoms in total. The van der Waals surface area contributed by atoms with Crippen molar-refractivity contribution in [3.05, 3.63) is 41.9 Å². The molecule has 0 spiro atoms. The lowest BCUT2D eigenvalue weighted by molar-refractivity contribution is 0.00791. The third-order valence-corrected chi connectivity index (χ3v) is 6.68. The quantitative estimate of drug-likeness (QED) is 0.592. The molecule has 1 saturated carbocycles. The maximum absolute atomic E-state index is 9.92. The van der Waals surface area contributed by atoms with Crippen LogP contribution >= 0.6 is 11.6 Å². The Balaban J connectivity index is 1.33. The monoisotopic (exact) mass is 439 g/mol. The Morgan fingerprint density at radius 3 is 2.58 bits per heavy atom. The van der Waals surface area contributed by atoms with E-state index < -0.39 is 0 Å². The van der Waals surface area contributed by atoms with Crippen LogP contribution in [-0.2, 0) is 4.74 Å². The summed E-state index contributed by atoms with van der Waals surface area (Å²) in [5.41, 5.74) is 2.61. The summed E-state index contributed by atoms with van der Waals surface area (Å²) in [7, 11) is 0. The van der Waals surface area contributed by atoms with E-state index in [1.165, 1.54) is 12.8 Å². The number of morpholine rings is 1. The zero-order valence-corrected chi connectivity index (χ0v) is 18.1. The second-order valence-electron chi connectivity index (χ2n) is 8.29. The minimum absolute atomic E-state index is 0.0287. The number of anilines is 1. The Bertz CT molecular complexity index is 1070. The SMILES string of the molecule is Oc1cc(-c2ccc3ncnc(NC4CCC(N5CCOCC5)CC4)c3c2)cnc1Cl. The van der Waals surface area contributed by atoms with Crippen LogP contribution in [0.3, 0.4) is 0 Å². The molecule has 0 atom stereocenters. The number of nitrogens with one attached hydrogen (secondary N) is 1. The molecule has 3 heterocycles. The van der Waals surface area contributed by atoms with Gasteiger partial charge in [0, 0.05) is 42.3 Å². The molecule has 0 bridgehead atoms. The number of hydrogen-bond donors (Lipinski definition) is 2. The molecule has 2 aliphatic rings. The molecule has 0 radical (unpaired) electrons. The lowest BCUT2D eigenvalue weighted by Gasteiger charge is -2.39. The Morgan fingerprint density at radius 1 is 1.00 bits per heavy atom. The van der Waals surface area contributed by atoms with Gasteiger partial charge in [-0.25, -0.2) is 15.0 Å². The Kier molecular flexibility index (Phi) is 5.89. The number of rotatable bonds is 4. The van der Waals surface area contributed by atoms with Gasteiger partial charge in [-0.3, -0.25) is 4.90 Å². The minimum Gasteiger partial charge on any atom is -0.505 e. The van der Waals surface area contributed by atoms with Gasteiger partial charge in [-0.1, -0.05) is 17.7 Å². The highest BCUT2D eigenvalue weighted by Crippen LogP contribution is 2.32. The number of nitrogens with zero attached hydrogens (tertiary/aromatic N) is 4. The van der Waals surface area contributed by atoms with Gasteiger partial charge in [-0.15, -0.1) is 0 Å². The summed E-state index contributed by atoms with van der Waals surface area (Å²) in [6.45, 7) is 3.82. The molecular weight excluding hydrogens is 414 g/mol. The van der Waals surface area contributed by atoms with Gasteiger partial charge in [0.05, 0.1) is 18.7 Å². The molecule has 5 rings (SSSR count). The van der Waals surface area contributed by atoms with Crippen LogP contribution in [0.25, 0.3) is 22.0 Å². The first-order chi connectivity index (χ1) is 15.2. The largest absolute Gasteiger partial charge is 0.505 e. The summed E-state index contributed by atoms with van der Waals surface area (Å²) in [6.07, 6.45) is 7.92. The van der Waals surface area contributed by atoms with Crippen LogP contribution in [0.1, 0.15) is 25.7 Å². The van der Waals surface area contributed by atoms with Gasteiger partial charge < -0.3 is 15.2 Å². The van der Waals surface area contributed by atoms with E-state index in [9.17, 15) is 5.11 Å². The van der Waals surface area contributed by atoms with Crippen molar-refractivity contribution in [3.8, 4) is 16.9 Å². The molecule has 1 aliphatic carbocycles. The van der Waals surface area contributed by atoms with E-state index in [2.05, 4.69) is 25.2 Å². The highest BCUT2D eigenvalue weighted by atomic mass is 35.5. The van der Waals surface area contributed by atoms with Gasteiger partial charge in [0.1, 0.15) is 12.1 Å². The fourth-order valence-electron chi connectivity index (χ4n) is 4.67. The third kappa shape index (κ3) is 4.44. The van der Waals surface area contributed by atoms with Crippen molar-refractivity contribution in [1.29, 1.82) is 0 Å². The summed E-state index contributed by atoms with van der Waals surface area (Å²) in [5, 5.41) is 14.6. The van der Waals surface area contributed by atoms with Gasteiger partial charge in [0.15, 0.2) is 10.9 Å². The van der Waals surface area contributed by atoms with Crippen molar-refractivity contribution in [2.75, 3.05) is 31.6 Å². The maximum atomic E-state index is 9.92. The molecule has 2 aromatic heterocycles. The number of hydrogen-bond acceptors (Lipinski definition) is 7. The summed E-state index contributed by atoms with van der Waals surface area (Å²) in [4.78, 5) is 15.6. The van der Waals surface area contributed by atoms with E-state index in [1.54, 1.807) is 18.6 Å². The van der Waals surface area contributed by atoms with Crippen LogP contribution in [0.4, 0.5) is 5.82 Å². The number of ether oxygens (including phenoxy) is 1. The Morgan fingerprint density at radius 2 is 1.81 bits per heavy atom. The molecule has 1 aliphatic heterocycles. The average molecular weight is 440 g/mol. The van der Waals surface area contributed by atoms with Gasteiger partial charge in [0.2, 0.25) is 0 Å². The number of halogens is 1. The van der Waals surface area contributed by atoms with Crippen LogP contribution in [0.5, 0.6) is 5.75 Å². The molecule has 1 aromatic carbocycles. The topological polar surface area (TPSA) is 83.4 Å². The predicted molar refractivity (Wildman–Crippen MR) is 122 cm³/mol. The van der Waals surface area contributed by atoms with Crippen molar-refractivity contribution >= 4 is 28.3 Å². The van der Waals surface area contributed by atoms with Crippen LogP contribution in [0, 0.1) is 0 Å². The van der Waals surface area contributed by atoms with E-state index >= 15 is 0 Å². The standard InChI is InChI=1S/C23H26ClN5O2/c24-22-21(30)12-16(13-25-22)15-1-6-20-19(11-15)23(27-14-26-20)28-17-2-4-18(5-3-17)29-7-9-31-10-8-29/h1,6,11-14,17-18,30H,2-5,7-10H2,(H,26,27,28). The molecule has 0 unspecified atom stereocenters. The molecule has 2 fully saturated rings. The van der Waals surface area contributed by atoms with Crippen LogP contribution in [-0.4, -0.2) is 63.3 Å². The zero-order valence-electron chi connectivity index (χ0n) is 17.3. The van der Waals surface area contributed by atoms with Crippen LogP contribution < -0.4 is 5.32 Å². The Labute approximate surface area is 186 Å². The summed E-state index contributed by atoms with van der Waals surface area (Å²) in [5.74, 6) is 0.826. The number of pyridine rings is 1. The predicted octanol–water partition coefficient (Wildman–Crippen LogP) is 4.11. The van der Waals surface area contributed by atoms with Crippen LogP contribution in [0.2, 0.25) is 5.15 Å². The minimum atomic E-state index is -0.0287. The highest BCUT2D eigenvalue weighted by molar-refractivity contribution is 6.30. The van der Waals surface area contributed by atoms with E-state index in [4.69, 9.17) is 16.3 Å². The number of fused-ring (bicyclic) bond motifs is 1. The van der Waals surface area contributed by atoms with E-state index in [-0.39, 0.29) is 10.9 Å². The van der Waals surface area contributed by atoms with Gasteiger partial charge >= 0.3 is 0 Å². The maximum Gasteiger partial charge on any atom is 0.170 e. The fourth-order valence-corrected chi connectivity index (χ4v) is 4.77. The first-order valence-electron chi connectivity index (χ1n) is 10.9. The summed E-state index contributed by atoms with van der Waals surface area (Å²) in [6, 6.07) is 8.68. The van der Waals surface area contributed by atoms with Gasteiger partial charge in [0.25, 0.3) is 0 Å². The summed E-state index contributed by atoms with van der Waals surface area (Å²) < 4.78 is 5.49. The molecule has 0 amide bonds. The van der Waals surface area contributed by atoms with Crippen molar-refractivity contribution in [2.24, 2.45) is 0 Å². The van der Waals surface area contributed by atoms with E-state index in [1.807, 2.05) is 18.2 Å². The fraction of sp³-hybridized carbons (Fsp3) is 0.435. The van der Waals surface area contributed by atoms with Crippen molar-refractivity contribution in [1.82, 2.24) is 19.9 Å². The van der Waals surface area contributed by atoms with Gasteiger partial charge in [-0.05, 0) is 49.4 Å². The Hall–Kier alpha value is -2.48. The number of aromatic nitrogens is 3. The summed E-state index contributed by atoms with van der Waals surface area (Å²) >= 11 is 5.86. The lowest BCUT2D eigenvalue weighted by atomic mass is 9.90. The molecule has 1 saturated heterocycles. The molecule has 8 heteroatoms. The zero-order chi connectivity index (χ0) is 21.2. The molecular formula is C23H26ClN5O2. The lowest BCUT2D eigenvalue weighted by Crippen LogP contribution is -2.46. The smallest absolute Gasteiger partial charge is 0.170 e. The first-order valence-corrected chi connectivity index (χ1v) is 11.2. The number of benzene rings is 1. The normalized spacial score (nSPS) is 22.5. The van der Waals surface area contributed by atoms with E-state index in [0.29, 0.717) is 12.1 Å². The van der Waals surface area contributed by atoms with E-state index in [0.717, 1.165) is 67.0 Å². The van der Waals surface area contributed by atoms with Gasteiger partial charge in [-0.2, -0.15) is 0 Å². The van der Waals surface area contributed by atoms with Crippen molar-refractivity contribution < 1.29 is 9.84 Å². The number of aromatic hydroxyl groups is 1. The molecule has 3 aromatic rings. The molecule has 2 N–H and O–H groups in total. The first kappa shape index (κ1) is 20.4. The van der Waals surface area contributed by atoms with Crippen molar-refractivity contribution in [3.63, 3.8) is 0 Å². The second-order valence-corrected chi connectivity index (χ2v) is 8.64. The third-order valence-electron chi connectivity index (χ3n) is 6.39. The molecule has 31 heavy (non-hydrogen) atoms. The van der Waals surface area contributed by atoms with Crippen molar-refractivity contribution in [2.45, 2.75) is 37.8 Å².